The molecule has 3 nitrogen and oxygen atoms in total. The van der Waals surface area contributed by atoms with Crippen LogP contribution < -0.4 is 0 Å². The van der Waals surface area contributed by atoms with Crippen molar-refractivity contribution in [1.82, 2.24) is 0 Å². The molecule has 0 aliphatic carbocycles. The Bertz CT molecular complexity index is 300. The number of rotatable bonds is 6. The summed E-state index contributed by atoms with van der Waals surface area (Å²) in [6, 6.07) is 0. The maximum absolute atomic E-state index is 10.7. The maximum atomic E-state index is 10.7. The predicted octanol–water partition coefficient (Wildman–Crippen LogP) is 2.62. The van der Waals surface area contributed by atoms with E-state index in [0.717, 1.165) is 0 Å². The highest BCUT2D eigenvalue weighted by molar-refractivity contribution is 6.16. The second-order valence-corrected chi connectivity index (χ2v) is 5.66. The number of hydrogen-bond donors (Lipinski definition) is 1. The Labute approximate surface area is 105 Å². The summed E-state index contributed by atoms with van der Waals surface area (Å²) >= 11 is 0. The van der Waals surface area contributed by atoms with Gasteiger partial charge in [-0.25, -0.2) is 0 Å². The van der Waals surface area contributed by atoms with Crippen LogP contribution in [-0.4, -0.2) is 25.2 Å². The number of aliphatic carboxylic acids is 1. The van der Waals surface area contributed by atoms with Crippen molar-refractivity contribution in [3.8, 4) is 0 Å². The van der Waals surface area contributed by atoms with Crippen molar-refractivity contribution >= 4 is 20.1 Å². The summed E-state index contributed by atoms with van der Waals surface area (Å²) in [5, 5.41) is 8.11. The third-order valence-corrected chi connectivity index (χ3v) is 3.15. The molecule has 2 unspecified atom stereocenters. The van der Waals surface area contributed by atoms with E-state index in [0.29, 0.717) is 12.7 Å². The summed E-state index contributed by atoms with van der Waals surface area (Å²) in [7, 11) is 6.13. The van der Waals surface area contributed by atoms with Crippen molar-refractivity contribution in [3.63, 3.8) is 0 Å². The summed E-state index contributed by atoms with van der Waals surface area (Å²) in [5.74, 6) is -1.43. The Morgan fingerprint density at radius 2 is 1.88 bits per heavy atom. The smallest absolute Gasteiger partial charge is 0.304 e. The minimum atomic E-state index is -0.957. The molecule has 0 fully saturated rings. The first-order chi connectivity index (χ1) is 7.60. The van der Waals surface area contributed by atoms with E-state index in [2.05, 4.69) is 0 Å². The van der Waals surface area contributed by atoms with Gasteiger partial charge in [-0.15, -0.1) is 0 Å². The zero-order chi connectivity index (χ0) is 13.7. The molecule has 1 N–H and O–H groups in total. The van der Waals surface area contributed by atoms with E-state index >= 15 is 0 Å². The molecule has 4 heteroatoms. The van der Waals surface area contributed by atoms with Gasteiger partial charge >= 0.3 is 5.97 Å². The Hall–Kier alpha value is -1.06. The van der Waals surface area contributed by atoms with Crippen LogP contribution in [0, 0.1) is 11.3 Å². The Morgan fingerprint density at radius 1 is 1.35 bits per heavy atom. The molecule has 0 bridgehead atoms. The lowest BCUT2D eigenvalue weighted by molar-refractivity contribution is -0.139. The Morgan fingerprint density at radius 3 is 2.24 bits per heavy atom. The predicted molar refractivity (Wildman–Crippen MR) is 69.1 cm³/mol. The summed E-state index contributed by atoms with van der Waals surface area (Å²) in [6.07, 6.45) is 4.62. The van der Waals surface area contributed by atoms with Crippen molar-refractivity contribution < 1.29 is 14.7 Å². The highest BCUT2D eigenvalue weighted by Crippen LogP contribution is 2.43. The zero-order valence-electron chi connectivity index (χ0n) is 11.1. The van der Waals surface area contributed by atoms with E-state index in [9.17, 15) is 9.59 Å². The highest BCUT2D eigenvalue weighted by Gasteiger charge is 2.29. The second-order valence-electron chi connectivity index (χ2n) is 5.66. The van der Waals surface area contributed by atoms with E-state index in [1.807, 2.05) is 33.8 Å². The average Bonchev–Trinajstić information content (AvgIpc) is 2.13. The van der Waals surface area contributed by atoms with Crippen LogP contribution in [0.4, 0.5) is 0 Å². The van der Waals surface area contributed by atoms with Crippen LogP contribution in [0.5, 0.6) is 0 Å². The van der Waals surface area contributed by atoms with Crippen LogP contribution in [0.15, 0.2) is 12.2 Å². The number of carboxylic acid groups (broad SMARTS) is 1. The SMILES string of the molecule is [B]C(C)(/C=C/CC(C=O)CC(=O)O)C(C)(C)C. The maximum Gasteiger partial charge on any atom is 0.304 e. The minimum Gasteiger partial charge on any atom is -0.481 e. The van der Waals surface area contributed by atoms with Gasteiger partial charge in [0.2, 0.25) is 0 Å². The van der Waals surface area contributed by atoms with E-state index in [-0.39, 0.29) is 11.8 Å². The molecule has 0 rings (SSSR count). The second kappa shape index (κ2) is 6.03. The first kappa shape index (κ1) is 15.9. The van der Waals surface area contributed by atoms with Gasteiger partial charge in [-0.1, -0.05) is 39.8 Å². The van der Waals surface area contributed by atoms with Crippen molar-refractivity contribution in [2.75, 3.05) is 0 Å². The normalized spacial score (nSPS) is 17.6. The van der Waals surface area contributed by atoms with Crippen molar-refractivity contribution in [1.29, 1.82) is 0 Å². The number of carboxylic acids is 1. The molecule has 0 aromatic rings. The number of hydrogen-bond acceptors (Lipinski definition) is 2. The van der Waals surface area contributed by atoms with Crippen molar-refractivity contribution in [3.05, 3.63) is 12.2 Å². The zero-order valence-corrected chi connectivity index (χ0v) is 11.1. The summed E-state index contributed by atoms with van der Waals surface area (Å²) < 4.78 is 0. The van der Waals surface area contributed by atoms with E-state index in [1.165, 1.54) is 0 Å². The minimum absolute atomic E-state index is 0.0903. The van der Waals surface area contributed by atoms with Gasteiger partial charge in [-0.2, -0.15) is 0 Å². The molecule has 0 aliphatic heterocycles. The molecule has 94 valence electrons. The summed E-state index contributed by atoms with van der Waals surface area (Å²) in [6.45, 7) is 8.01. The van der Waals surface area contributed by atoms with E-state index in [4.69, 9.17) is 13.0 Å². The lowest BCUT2D eigenvalue weighted by Gasteiger charge is -2.37. The average molecular weight is 236 g/mol. The third kappa shape index (κ3) is 5.71. The summed E-state index contributed by atoms with van der Waals surface area (Å²) in [4.78, 5) is 21.1. The molecule has 2 atom stereocenters. The lowest BCUT2D eigenvalue weighted by Crippen LogP contribution is -2.24. The first-order valence-corrected chi connectivity index (χ1v) is 5.74. The largest absolute Gasteiger partial charge is 0.481 e. The molecule has 0 saturated carbocycles. The van der Waals surface area contributed by atoms with Gasteiger partial charge in [0.25, 0.3) is 0 Å². The fourth-order valence-corrected chi connectivity index (χ4v) is 1.15. The molecular weight excluding hydrogens is 215 g/mol. The number of carbonyl (C=O) groups is 2. The molecule has 2 radical (unpaired) electrons. The quantitative estimate of drug-likeness (QED) is 0.438. The third-order valence-electron chi connectivity index (χ3n) is 3.15. The van der Waals surface area contributed by atoms with Crippen LogP contribution >= 0.6 is 0 Å². The number of allylic oxidation sites excluding steroid dienone is 2. The number of carbonyl (C=O) groups excluding carboxylic acids is 1. The van der Waals surface area contributed by atoms with Crippen LogP contribution in [0.3, 0.4) is 0 Å². The van der Waals surface area contributed by atoms with Gasteiger partial charge in [0, 0.05) is 5.92 Å². The highest BCUT2D eigenvalue weighted by atomic mass is 16.4. The first-order valence-electron chi connectivity index (χ1n) is 5.74. The van der Waals surface area contributed by atoms with Crippen molar-refractivity contribution in [2.24, 2.45) is 11.3 Å². The molecule has 0 heterocycles. The number of aldehydes is 1. The standard InChI is InChI=1S/C13H21BO3/c1-12(2,3)13(4,14)7-5-6-10(9-15)8-11(16)17/h5,7,9-10H,6,8H2,1-4H3,(H,16,17)/b7-5+. The van der Waals surface area contributed by atoms with Gasteiger partial charge in [0.15, 0.2) is 0 Å². The molecule has 17 heavy (non-hydrogen) atoms. The van der Waals surface area contributed by atoms with Crippen molar-refractivity contribution in [2.45, 2.75) is 45.9 Å². The topological polar surface area (TPSA) is 54.4 Å². The molecule has 0 aliphatic rings. The Kier molecular flexibility index (Phi) is 5.66. The lowest BCUT2D eigenvalue weighted by atomic mass is 9.55. The van der Waals surface area contributed by atoms with Crippen LogP contribution in [0.25, 0.3) is 0 Å². The molecule has 0 amide bonds. The Balaban J connectivity index is 4.44. The van der Waals surface area contributed by atoms with Gasteiger partial charge in [-0.3, -0.25) is 4.79 Å². The van der Waals surface area contributed by atoms with Crippen LogP contribution in [0.1, 0.15) is 40.5 Å². The van der Waals surface area contributed by atoms with Gasteiger partial charge in [0.1, 0.15) is 6.29 Å². The summed E-state index contributed by atoms with van der Waals surface area (Å²) in [5.41, 5.74) is -0.0903. The molecule has 0 aromatic carbocycles. The van der Waals surface area contributed by atoms with Gasteiger partial charge in [0.05, 0.1) is 14.3 Å². The molecular formula is C13H21BO3. The van der Waals surface area contributed by atoms with Gasteiger partial charge < -0.3 is 9.90 Å². The molecule has 0 aromatic heterocycles. The molecule has 0 saturated heterocycles. The molecule has 0 spiro atoms. The fraction of sp³-hybridized carbons (Fsp3) is 0.692. The van der Waals surface area contributed by atoms with Gasteiger partial charge in [-0.05, 0) is 17.2 Å². The van der Waals surface area contributed by atoms with Crippen LogP contribution in [-0.2, 0) is 9.59 Å². The fourth-order valence-electron chi connectivity index (χ4n) is 1.15. The van der Waals surface area contributed by atoms with E-state index < -0.39 is 17.2 Å². The van der Waals surface area contributed by atoms with E-state index in [1.54, 1.807) is 6.08 Å². The monoisotopic (exact) mass is 236 g/mol. The van der Waals surface area contributed by atoms with Crippen LogP contribution in [0.2, 0.25) is 5.31 Å².